The van der Waals surface area contributed by atoms with Crippen molar-refractivity contribution in [1.82, 2.24) is 10.0 Å². The number of nitrogen functional groups attached to an aromatic ring is 1. The van der Waals surface area contributed by atoms with Crippen LogP contribution in [-0.2, 0) is 16.0 Å². The van der Waals surface area contributed by atoms with Crippen molar-refractivity contribution in [1.29, 1.82) is 0 Å². The number of hydrazine groups is 1. The maximum absolute atomic E-state index is 6.54. The Kier molecular flexibility index (Phi) is 5.57. The first-order valence-corrected chi connectivity index (χ1v) is 9.54. The number of rotatable bonds is 6. The molecule has 0 spiro atoms. The summed E-state index contributed by atoms with van der Waals surface area (Å²) >= 11 is 0. The molecule has 0 bridgehead atoms. The van der Waals surface area contributed by atoms with Crippen LogP contribution in [0, 0.1) is 0 Å². The standard InChI is InChI=1S/C21H27N3O4/c1-25-11-12-28-19-4-3-17-18(21(19)26-2)13-15-14-24(6-5-16(15)20(17)22)23-7-9-27-10-8-23/h3-6,13H,7-12,14,22H2,1-2H3. The van der Waals surface area contributed by atoms with E-state index in [4.69, 9.17) is 24.7 Å². The van der Waals surface area contributed by atoms with Gasteiger partial charge in [0.1, 0.15) is 6.61 Å². The molecule has 2 N–H and O–H groups in total. The van der Waals surface area contributed by atoms with Crippen molar-refractivity contribution < 1.29 is 18.9 Å². The third kappa shape index (κ3) is 3.48. The Bertz CT molecular complexity index is 878. The van der Waals surface area contributed by atoms with E-state index < -0.39 is 0 Å². The Labute approximate surface area is 165 Å². The fourth-order valence-corrected chi connectivity index (χ4v) is 3.81. The van der Waals surface area contributed by atoms with E-state index >= 15 is 0 Å². The van der Waals surface area contributed by atoms with Crippen LogP contribution < -0.4 is 15.2 Å². The number of nitrogens with two attached hydrogens (primary N) is 1. The smallest absolute Gasteiger partial charge is 0.168 e. The number of hydrogen-bond acceptors (Lipinski definition) is 7. The summed E-state index contributed by atoms with van der Waals surface area (Å²) in [6.07, 6.45) is 4.20. The molecule has 150 valence electrons. The molecule has 2 aliphatic heterocycles. The van der Waals surface area contributed by atoms with Gasteiger partial charge in [-0.15, -0.1) is 0 Å². The Morgan fingerprint density at radius 3 is 2.68 bits per heavy atom. The normalized spacial score (nSPS) is 17.0. The number of hydrogen-bond donors (Lipinski definition) is 1. The highest BCUT2D eigenvalue weighted by molar-refractivity contribution is 6.02. The van der Waals surface area contributed by atoms with Crippen LogP contribution in [0.15, 0.2) is 24.4 Å². The summed E-state index contributed by atoms with van der Waals surface area (Å²) in [5, 5.41) is 6.48. The molecule has 7 nitrogen and oxygen atoms in total. The summed E-state index contributed by atoms with van der Waals surface area (Å²) < 4.78 is 22.1. The lowest BCUT2D eigenvalue weighted by Gasteiger charge is -2.38. The molecule has 2 aromatic rings. The number of nitrogens with zero attached hydrogens (tertiary/aromatic N) is 2. The van der Waals surface area contributed by atoms with Crippen LogP contribution in [0.4, 0.5) is 5.69 Å². The van der Waals surface area contributed by atoms with Gasteiger partial charge in [-0.05, 0) is 29.8 Å². The van der Waals surface area contributed by atoms with E-state index in [2.05, 4.69) is 28.4 Å². The van der Waals surface area contributed by atoms with E-state index in [1.165, 1.54) is 5.56 Å². The lowest BCUT2D eigenvalue weighted by atomic mass is 9.95. The van der Waals surface area contributed by atoms with Crippen LogP contribution in [-0.4, -0.2) is 63.8 Å². The van der Waals surface area contributed by atoms with Gasteiger partial charge in [0.15, 0.2) is 11.5 Å². The first-order chi connectivity index (χ1) is 13.7. The van der Waals surface area contributed by atoms with Gasteiger partial charge in [-0.2, -0.15) is 0 Å². The second-order valence-corrected chi connectivity index (χ2v) is 6.88. The Hall–Kier alpha value is -2.48. The number of fused-ring (bicyclic) bond motifs is 2. The van der Waals surface area contributed by atoms with Crippen LogP contribution >= 0.6 is 0 Å². The predicted octanol–water partition coefficient (Wildman–Crippen LogP) is 2.49. The number of benzene rings is 2. The van der Waals surface area contributed by atoms with E-state index in [-0.39, 0.29) is 0 Å². The van der Waals surface area contributed by atoms with Crippen molar-refractivity contribution in [2.45, 2.75) is 6.54 Å². The van der Waals surface area contributed by atoms with Crippen LogP contribution in [0.3, 0.4) is 0 Å². The summed E-state index contributed by atoms with van der Waals surface area (Å²) in [6, 6.07) is 6.07. The first-order valence-electron chi connectivity index (χ1n) is 9.54. The largest absolute Gasteiger partial charge is 0.492 e. The van der Waals surface area contributed by atoms with Crippen LogP contribution in [0.5, 0.6) is 11.5 Å². The molecule has 28 heavy (non-hydrogen) atoms. The highest BCUT2D eigenvalue weighted by Crippen LogP contribution is 2.41. The quantitative estimate of drug-likeness (QED) is 0.605. The monoisotopic (exact) mass is 385 g/mol. The second-order valence-electron chi connectivity index (χ2n) is 6.88. The van der Waals surface area contributed by atoms with E-state index in [0.29, 0.717) is 24.7 Å². The highest BCUT2D eigenvalue weighted by Gasteiger charge is 2.23. The summed E-state index contributed by atoms with van der Waals surface area (Å²) in [7, 11) is 3.31. The zero-order chi connectivity index (χ0) is 19.5. The molecule has 0 atom stereocenters. The van der Waals surface area contributed by atoms with Gasteiger partial charge in [0.25, 0.3) is 0 Å². The SMILES string of the molecule is COCCOc1ccc2c(N)c3c(cc2c1OC)CN(N1CCOCC1)C=C3. The van der Waals surface area contributed by atoms with Crippen molar-refractivity contribution in [2.24, 2.45) is 0 Å². The van der Waals surface area contributed by atoms with Gasteiger partial charge < -0.3 is 29.7 Å². The van der Waals surface area contributed by atoms with Gasteiger partial charge in [0.2, 0.25) is 0 Å². The number of ether oxygens (including phenoxy) is 4. The van der Waals surface area contributed by atoms with E-state index in [1.54, 1.807) is 14.2 Å². The summed E-state index contributed by atoms with van der Waals surface area (Å²) in [5.41, 5.74) is 9.56. The van der Waals surface area contributed by atoms with Crippen LogP contribution in [0.2, 0.25) is 0 Å². The molecule has 7 heteroatoms. The molecule has 4 rings (SSSR count). The van der Waals surface area contributed by atoms with Crippen molar-refractivity contribution in [3.63, 3.8) is 0 Å². The topological polar surface area (TPSA) is 69.4 Å². The Morgan fingerprint density at radius 1 is 1.11 bits per heavy atom. The lowest BCUT2D eigenvalue weighted by molar-refractivity contribution is -0.0673. The van der Waals surface area contributed by atoms with Gasteiger partial charge in [-0.1, -0.05) is 0 Å². The third-order valence-corrected chi connectivity index (χ3v) is 5.25. The third-order valence-electron chi connectivity index (χ3n) is 5.25. The van der Waals surface area contributed by atoms with E-state index in [9.17, 15) is 0 Å². The van der Waals surface area contributed by atoms with E-state index in [0.717, 1.165) is 54.9 Å². The molecule has 0 unspecified atom stereocenters. The van der Waals surface area contributed by atoms with Crippen LogP contribution in [0.25, 0.3) is 16.8 Å². The molecule has 2 aliphatic rings. The molecule has 1 saturated heterocycles. The first kappa shape index (κ1) is 18.9. The molecule has 0 aromatic heterocycles. The van der Waals surface area contributed by atoms with Crippen molar-refractivity contribution in [2.75, 3.05) is 59.5 Å². The minimum atomic E-state index is 0.465. The Balaban J connectivity index is 1.71. The maximum atomic E-state index is 6.54. The summed E-state index contributed by atoms with van der Waals surface area (Å²) in [4.78, 5) is 0. The van der Waals surface area contributed by atoms with Crippen LogP contribution in [0.1, 0.15) is 11.1 Å². The fourth-order valence-electron chi connectivity index (χ4n) is 3.81. The van der Waals surface area contributed by atoms with Crippen molar-refractivity contribution in [3.05, 3.63) is 35.5 Å². The lowest BCUT2D eigenvalue weighted by Crippen LogP contribution is -2.46. The highest BCUT2D eigenvalue weighted by atomic mass is 16.5. The molecule has 2 heterocycles. The van der Waals surface area contributed by atoms with Gasteiger partial charge in [0.05, 0.1) is 33.5 Å². The van der Waals surface area contributed by atoms with Gasteiger partial charge in [-0.3, -0.25) is 0 Å². The minimum absolute atomic E-state index is 0.465. The molecule has 0 saturated carbocycles. The molecule has 0 radical (unpaired) electrons. The fraction of sp³-hybridized carbons (Fsp3) is 0.429. The molecular formula is C21H27N3O4. The minimum Gasteiger partial charge on any atom is -0.492 e. The summed E-state index contributed by atoms with van der Waals surface area (Å²) in [5.74, 6) is 1.40. The maximum Gasteiger partial charge on any atom is 0.168 e. The number of methoxy groups -OCH3 is 2. The van der Waals surface area contributed by atoms with Gasteiger partial charge >= 0.3 is 0 Å². The van der Waals surface area contributed by atoms with Gasteiger partial charge in [-0.25, -0.2) is 5.01 Å². The van der Waals surface area contributed by atoms with Gasteiger partial charge in [0, 0.05) is 48.4 Å². The molecule has 2 aromatic carbocycles. The molecule has 1 fully saturated rings. The zero-order valence-electron chi connectivity index (χ0n) is 16.4. The molecule has 0 aliphatic carbocycles. The Morgan fingerprint density at radius 2 is 1.93 bits per heavy atom. The second kappa shape index (κ2) is 8.26. The number of anilines is 1. The number of morpholine rings is 1. The molecule has 0 amide bonds. The van der Waals surface area contributed by atoms with E-state index in [1.807, 2.05) is 12.1 Å². The average molecular weight is 385 g/mol. The van der Waals surface area contributed by atoms with Crippen molar-refractivity contribution in [3.8, 4) is 11.5 Å². The van der Waals surface area contributed by atoms with Crippen molar-refractivity contribution >= 4 is 22.5 Å². The zero-order valence-corrected chi connectivity index (χ0v) is 16.4. The molecular weight excluding hydrogens is 358 g/mol. The predicted molar refractivity (Wildman–Crippen MR) is 109 cm³/mol. The average Bonchev–Trinajstić information content (AvgIpc) is 2.74. The summed E-state index contributed by atoms with van der Waals surface area (Å²) in [6.45, 7) is 5.05.